The zero-order valence-electron chi connectivity index (χ0n) is 18.1. The van der Waals surface area contributed by atoms with Gasteiger partial charge >= 0.3 is 5.97 Å². The molecule has 3 heterocycles. The molecule has 0 spiro atoms. The standard InChI is InChI=1S/C21H26N4O3S3/c1-5-8-15-9-13(11-29-15)18-23-24-21(25(18)4)30-12-17(26)22-19-16(20(27)28-7-3)10-14(6-2)31-19/h9-11H,5-8,12H2,1-4H3,(H,22,26). The van der Waals surface area contributed by atoms with Crippen molar-refractivity contribution in [2.24, 2.45) is 7.05 Å². The Hall–Kier alpha value is -2.17. The molecule has 3 aromatic heterocycles. The zero-order valence-corrected chi connectivity index (χ0v) is 20.5. The average Bonchev–Trinajstić information content (AvgIpc) is 3.46. The second kappa shape index (κ2) is 10.9. The van der Waals surface area contributed by atoms with Crippen molar-refractivity contribution in [1.82, 2.24) is 14.8 Å². The molecule has 3 aromatic rings. The Labute approximate surface area is 194 Å². The van der Waals surface area contributed by atoms with Gasteiger partial charge in [0.2, 0.25) is 5.91 Å². The Morgan fingerprint density at radius 1 is 1.19 bits per heavy atom. The van der Waals surface area contributed by atoms with E-state index in [2.05, 4.69) is 33.9 Å². The summed E-state index contributed by atoms with van der Waals surface area (Å²) in [5.74, 6) is 0.332. The number of rotatable bonds is 10. The molecule has 0 aromatic carbocycles. The van der Waals surface area contributed by atoms with Crippen LogP contribution < -0.4 is 5.32 Å². The molecule has 0 aliphatic heterocycles. The van der Waals surface area contributed by atoms with Gasteiger partial charge in [-0.3, -0.25) is 4.79 Å². The van der Waals surface area contributed by atoms with Crippen LogP contribution in [0.2, 0.25) is 0 Å². The highest BCUT2D eigenvalue weighted by atomic mass is 32.2. The van der Waals surface area contributed by atoms with Crippen LogP contribution in [-0.4, -0.2) is 39.0 Å². The van der Waals surface area contributed by atoms with Gasteiger partial charge in [0.1, 0.15) is 5.00 Å². The van der Waals surface area contributed by atoms with E-state index in [1.807, 2.05) is 18.5 Å². The molecule has 0 atom stereocenters. The predicted octanol–water partition coefficient (Wildman–Crippen LogP) is 5.03. The monoisotopic (exact) mass is 478 g/mol. The van der Waals surface area contributed by atoms with Crippen LogP contribution >= 0.6 is 34.4 Å². The number of aromatic nitrogens is 3. The number of anilines is 1. The molecule has 3 rings (SSSR count). The van der Waals surface area contributed by atoms with Crippen LogP contribution in [0.4, 0.5) is 5.00 Å². The number of hydrogen-bond donors (Lipinski definition) is 1. The molecule has 1 amide bonds. The van der Waals surface area contributed by atoms with E-state index in [0.717, 1.165) is 35.5 Å². The molecule has 0 radical (unpaired) electrons. The smallest absolute Gasteiger partial charge is 0.341 e. The molecule has 0 aliphatic rings. The molecule has 7 nitrogen and oxygen atoms in total. The van der Waals surface area contributed by atoms with E-state index in [1.165, 1.54) is 28.0 Å². The molecule has 10 heteroatoms. The van der Waals surface area contributed by atoms with Gasteiger partial charge in [-0.15, -0.1) is 32.9 Å². The molecule has 0 saturated heterocycles. The minimum Gasteiger partial charge on any atom is -0.462 e. The summed E-state index contributed by atoms with van der Waals surface area (Å²) < 4.78 is 7.01. The zero-order chi connectivity index (χ0) is 22.4. The second-order valence-corrected chi connectivity index (χ2v) is 9.86. The van der Waals surface area contributed by atoms with Gasteiger partial charge in [-0.25, -0.2) is 4.79 Å². The molecular formula is C21H26N4O3S3. The maximum atomic E-state index is 12.5. The summed E-state index contributed by atoms with van der Waals surface area (Å²) in [6.07, 6.45) is 2.95. The highest BCUT2D eigenvalue weighted by Crippen LogP contribution is 2.30. The molecule has 0 fully saturated rings. The third-order valence-corrected chi connectivity index (χ3v) is 7.67. The van der Waals surface area contributed by atoms with Crippen molar-refractivity contribution in [3.8, 4) is 11.4 Å². The lowest BCUT2D eigenvalue weighted by atomic mass is 10.2. The number of thioether (sulfide) groups is 1. The predicted molar refractivity (Wildman–Crippen MR) is 127 cm³/mol. The lowest BCUT2D eigenvalue weighted by Crippen LogP contribution is -2.16. The number of hydrogen-bond acceptors (Lipinski definition) is 8. The van der Waals surface area contributed by atoms with Crippen molar-refractivity contribution in [3.05, 3.63) is 32.8 Å². The SMILES string of the molecule is CCCc1cc(-c2nnc(SCC(=O)Nc3sc(CC)cc3C(=O)OCC)n2C)cs1. The summed E-state index contributed by atoms with van der Waals surface area (Å²) in [6, 6.07) is 3.94. The Morgan fingerprint density at radius 3 is 2.71 bits per heavy atom. The van der Waals surface area contributed by atoms with E-state index in [0.29, 0.717) is 15.7 Å². The van der Waals surface area contributed by atoms with Gasteiger partial charge in [-0.1, -0.05) is 32.0 Å². The Balaban J connectivity index is 1.65. The quantitative estimate of drug-likeness (QED) is 0.325. The van der Waals surface area contributed by atoms with Crippen LogP contribution in [0, 0.1) is 0 Å². The van der Waals surface area contributed by atoms with Crippen molar-refractivity contribution in [3.63, 3.8) is 0 Å². The first-order chi connectivity index (χ1) is 15.0. The van der Waals surface area contributed by atoms with Crippen molar-refractivity contribution in [2.75, 3.05) is 17.7 Å². The van der Waals surface area contributed by atoms with Crippen LogP contribution in [0.3, 0.4) is 0 Å². The lowest BCUT2D eigenvalue weighted by molar-refractivity contribution is -0.113. The van der Waals surface area contributed by atoms with E-state index >= 15 is 0 Å². The van der Waals surface area contributed by atoms with E-state index in [1.54, 1.807) is 24.3 Å². The van der Waals surface area contributed by atoms with Gasteiger partial charge in [-0.05, 0) is 31.9 Å². The second-order valence-electron chi connectivity index (χ2n) is 6.78. The summed E-state index contributed by atoms with van der Waals surface area (Å²) in [5, 5.41) is 14.7. The van der Waals surface area contributed by atoms with Gasteiger partial charge in [-0.2, -0.15) is 0 Å². The topological polar surface area (TPSA) is 86.1 Å². The molecule has 166 valence electrons. The van der Waals surface area contributed by atoms with Crippen LogP contribution in [0.1, 0.15) is 47.3 Å². The molecule has 0 aliphatic carbocycles. The summed E-state index contributed by atoms with van der Waals surface area (Å²) in [6.45, 7) is 6.22. The summed E-state index contributed by atoms with van der Waals surface area (Å²) in [5.41, 5.74) is 1.45. The minimum atomic E-state index is -0.419. The largest absolute Gasteiger partial charge is 0.462 e. The average molecular weight is 479 g/mol. The number of esters is 1. The van der Waals surface area contributed by atoms with E-state index in [-0.39, 0.29) is 18.3 Å². The third kappa shape index (κ3) is 5.75. The first-order valence-electron chi connectivity index (χ1n) is 10.2. The molecular weight excluding hydrogens is 452 g/mol. The number of amides is 1. The van der Waals surface area contributed by atoms with Crippen LogP contribution in [0.15, 0.2) is 22.7 Å². The van der Waals surface area contributed by atoms with Gasteiger partial charge < -0.3 is 14.6 Å². The van der Waals surface area contributed by atoms with Crippen molar-refractivity contribution < 1.29 is 14.3 Å². The number of thiophene rings is 2. The van der Waals surface area contributed by atoms with Gasteiger partial charge in [0.05, 0.1) is 17.9 Å². The number of ether oxygens (including phenoxy) is 1. The Kier molecular flexibility index (Phi) is 8.28. The maximum absolute atomic E-state index is 12.5. The first-order valence-corrected chi connectivity index (χ1v) is 12.8. The van der Waals surface area contributed by atoms with Gasteiger partial charge in [0.15, 0.2) is 11.0 Å². The third-order valence-electron chi connectivity index (χ3n) is 4.46. The molecule has 1 N–H and O–H groups in total. The molecule has 0 unspecified atom stereocenters. The minimum absolute atomic E-state index is 0.165. The first kappa shape index (κ1) is 23.5. The van der Waals surface area contributed by atoms with Crippen LogP contribution in [0.5, 0.6) is 0 Å². The fraction of sp³-hybridized carbons (Fsp3) is 0.429. The van der Waals surface area contributed by atoms with Crippen molar-refractivity contribution in [1.29, 1.82) is 0 Å². The van der Waals surface area contributed by atoms with E-state index < -0.39 is 5.97 Å². The fourth-order valence-corrected chi connectivity index (χ4v) is 5.61. The van der Waals surface area contributed by atoms with E-state index in [4.69, 9.17) is 4.74 Å². The lowest BCUT2D eigenvalue weighted by Gasteiger charge is -2.06. The summed E-state index contributed by atoms with van der Waals surface area (Å²) in [4.78, 5) is 27.1. The highest BCUT2D eigenvalue weighted by Gasteiger charge is 2.20. The maximum Gasteiger partial charge on any atom is 0.341 e. The number of nitrogens with one attached hydrogen (secondary N) is 1. The summed E-state index contributed by atoms with van der Waals surface area (Å²) >= 11 is 4.44. The number of aryl methyl sites for hydroxylation is 2. The number of carbonyl (C=O) groups excluding carboxylic acids is 2. The number of nitrogens with zero attached hydrogens (tertiary/aromatic N) is 3. The highest BCUT2D eigenvalue weighted by molar-refractivity contribution is 7.99. The van der Waals surface area contributed by atoms with Crippen LogP contribution in [0.25, 0.3) is 11.4 Å². The molecule has 0 saturated carbocycles. The van der Waals surface area contributed by atoms with Gasteiger partial charge in [0.25, 0.3) is 0 Å². The summed E-state index contributed by atoms with van der Waals surface area (Å²) in [7, 11) is 1.90. The number of carbonyl (C=O) groups is 2. The Bertz CT molecular complexity index is 1050. The van der Waals surface area contributed by atoms with Crippen LogP contribution in [-0.2, 0) is 29.4 Å². The fourth-order valence-electron chi connectivity index (χ4n) is 2.93. The van der Waals surface area contributed by atoms with Crippen molar-refractivity contribution in [2.45, 2.75) is 45.2 Å². The van der Waals surface area contributed by atoms with E-state index in [9.17, 15) is 9.59 Å². The normalized spacial score (nSPS) is 11.0. The molecule has 0 bridgehead atoms. The van der Waals surface area contributed by atoms with Gasteiger partial charge in [0, 0.05) is 27.7 Å². The molecule has 31 heavy (non-hydrogen) atoms. The Morgan fingerprint density at radius 2 is 2.00 bits per heavy atom. The van der Waals surface area contributed by atoms with Crippen molar-refractivity contribution >= 4 is 51.3 Å².